The first-order valence-corrected chi connectivity index (χ1v) is 9.99. The van der Waals surface area contributed by atoms with E-state index in [1.54, 1.807) is 43.1 Å². The zero-order valence-corrected chi connectivity index (χ0v) is 16.9. The smallest absolute Gasteiger partial charge is 0.253 e. The van der Waals surface area contributed by atoms with Crippen LogP contribution in [0.15, 0.2) is 41.5 Å². The van der Waals surface area contributed by atoms with Gasteiger partial charge in [0.2, 0.25) is 5.88 Å². The van der Waals surface area contributed by atoms with Crippen molar-refractivity contribution in [1.82, 2.24) is 14.9 Å². The highest BCUT2D eigenvalue weighted by Crippen LogP contribution is 2.37. The molecular weight excluding hydrogens is 354 g/mol. The number of aryl methyl sites for hydroxylation is 1. The van der Waals surface area contributed by atoms with Crippen LogP contribution >= 0.6 is 0 Å². The SMILES string of the molecule is CC[C@@H](NC(=O)c1ccc(OC)nc1)[C@H]1CC[C@H](c2ccn(C)c(=O)c2)CC1. The van der Waals surface area contributed by atoms with Crippen LogP contribution in [0.1, 0.15) is 60.9 Å². The maximum absolute atomic E-state index is 12.6. The Labute approximate surface area is 165 Å². The third-order valence-corrected chi connectivity index (χ3v) is 5.90. The van der Waals surface area contributed by atoms with E-state index in [-0.39, 0.29) is 17.5 Å². The molecule has 1 saturated carbocycles. The molecular formula is C22H29N3O3. The molecule has 150 valence electrons. The molecule has 0 aromatic carbocycles. The van der Waals surface area contributed by atoms with Gasteiger partial charge in [0, 0.05) is 37.6 Å². The molecule has 0 radical (unpaired) electrons. The Morgan fingerprint density at radius 1 is 1.29 bits per heavy atom. The third kappa shape index (κ3) is 4.61. The molecule has 6 nitrogen and oxygen atoms in total. The van der Waals surface area contributed by atoms with Crippen LogP contribution in [0.2, 0.25) is 0 Å². The van der Waals surface area contributed by atoms with Gasteiger partial charge in [-0.15, -0.1) is 0 Å². The number of pyridine rings is 2. The van der Waals surface area contributed by atoms with Gasteiger partial charge in [0.05, 0.1) is 12.7 Å². The Balaban J connectivity index is 1.58. The zero-order valence-electron chi connectivity index (χ0n) is 16.9. The number of nitrogens with zero attached hydrogens (tertiary/aromatic N) is 2. The summed E-state index contributed by atoms with van der Waals surface area (Å²) in [5.41, 5.74) is 1.74. The second kappa shape index (κ2) is 9.04. The van der Waals surface area contributed by atoms with Gasteiger partial charge in [-0.25, -0.2) is 4.98 Å². The van der Waals surface area contributed by atoms with Gasteiger partial charge in [0.1, 0.15) is 0 Å². The second-order valence-corrected chi connectivity index (χ2v) is 7.60. The third-order valence-electron chi connectivity index (χ3n) is 5.90. The molecule has 6 heteroatoms. The number of hydrogen-bond donors (Lipinski definition) is 1. The normalized spacial score (nSPS) is 20.4. The number of rotatable bonds is 6. The molecule has 1 atom stereocenters. The van der Waals surface area contributed by atoms with Crippen LogP contribution < -0.4 is 15.6 Å². The lowest BCUT2D eigenvalue weighted by molar-refractivity contribution is 0.0909. The van der Waals surface area contributed by atoms with Gasteiger partial charge in [-0.1, -0.05) is 6.92 Å². The molecule has 0 saturated heterocycles. The van der Waals surface area contributed by atoms with Crippen molar-refractivity contribution >= 4 is 5.91 Å². The van der Waals surface area contributed by atoms with Crippen molar-refractivity contribution in [3.63, 3.8) is 0 Å². The Morgan fingerprint density at radius 2 is 2.04 bits per heavy atom. The van der Waals surface area contributed by atoms with Crippen LogP contribution in [0.25, 0.3) is 0 Å². The van der Waals surface area contributed by atoms with Gasteiger partial charge < -0.3 is 14.6 Å². The van der Waals surface area contributed by atoms with E-state index in [0.717, 1.165) is 37.7 Å². The Bertz CT molecular complexity index is 852. The summed E-state index contributed by atoms with van der Waals surface area (Å²) in [6.45, 7) is 2.12. The predicted molar refractivity (Wildman–Crippen MR) is 109 cm³/mol. The summed E-state index contributed by atoms with van der Waals surface area (Å²) in [5, 5.41) is 3.19. The van der Waals surface area contributed by atoms with Crippen molar-refractivity contribution in [1.29, 1.82) is 0 Å². The minimum absolute atomic E-state index is 0.0476. The first-order chi connectivity index (χ1) is 13.5. The topological polar surface area (TPSA) is 73.2 Å². The molecule has 1 aliphatic rings. The van der Waals surface area contributed by atoms with Gasteiger partial charge in [-0.3, -0.25) is 9.59 Å². The number of aromatic nitrogens is 2. The van der Waals surface area contributed by atoms with Gasteiger partial charge in [0.15, 0.2) is 0 Å². The van der Waals surface area contributed by atoms with Gasteiger partial charge in [-0.2, -0.15) is 0 Å². The van der Waals surface area contributed by atoms with Crippen molar-refractivity contribution in [3.8, 4) is 5.88 Å². The molecule has 2 heterocycles. The average molecular weight is 383 g/mol. The highest BCUT2D eigenvalue weighted by molar-refractivity contribution is 5.94. The van der Waals surface area contributed by atoms with Crippen LogP contribution in [0, 0.1) is 5.92 Å². The summed E-state index contributed by atoms with van der Waals surface area (Å²) in [6.07, 6.45) is 8.51. The van der Waals surface area contributed by atoms with E-state index >= 15 is 0 Å². The maximum atomic E-state index is 12.6. The largest absolute Gasteiger partial charge is 0.481 e. The molecule has 0 unspecified atom stereocenters. The molecule has 0 aliphatic heterocycles. The fourth-order valence-electron chi connectivity index (χ4n) is 4.11. The standard InChI is InChI=1S/C22H29N3O3/c1-4-19(24-22(27)18-9-10-20(28-3)23-14-18)16-7-5-15(6-8-16)17-11-12-25(2)21(26)13-17/h9-16,19H,4-8H2,1-3H3,(H,24,27)/t15-,16-,19-/m1/s1. The van der Waals surface area contributed by atoms with Gasteiger partial charge in [-0.05, 0) is 61.6 Å². The summed E-state index contributed by atoms with van der Waals surface area (Å²) < 4.78 is 6.65. The van der Waals surface area contributed by atoms with Crippen molar-refractivity contribution < 1.29 is 9.53 Å². The van der Waals surface area contributed by atoms with E-state index < -0.39 is 0 Å². The van der Waals surface area contributed by atoms with Crippen molar-refractivity contribution in [2.24, 2.45) is 13.0 Å². The van der Waals surface area contributed by atoms with Crippen LogP contribution in [0.4, 0.5) is 0 Å². The van der Waals surface area contributed by atoms with Gasteiger partial charge in [0.25, 0.3) is 11.5 Å². The van der Waals surface area contributed by atoms with Crippen LogP contribution in [0.5, 0.6) is 5.88 Å². The van der Waals surface area contributed by atoms with E-state index in [4.69, 9.17) is 4.74 Å². The van der Waals surface area contributed by atoms with E-state index in [9.17, 15) is 9.59 Å². The lowest BCUT2D eigenvalue weighted by atomic mass is 9.75. The number of ether oxygens (including phenoxy) is 1. The maximum Gasteiger partial charge on any atom is 0.253 e. The lowest BCUT2D eigenvalue weighted by Crippen LogP contribution is -2.41. The summed E-state index contributed by atoms with van der Waals surface area (Å²) in [6, 6.07) is 7.41. The minimum Gasteiger partial charge on any atom is -0.481 e. The molecule has 1 aliphatic carbocycles. The van der Waals surface area contributed by atoms with E-state index in [1.165, 1.54) is 0 Å². The lowest BCUT2D eigenvalue weighted by Gasteiger charge is -2.34. The summed E-state index contributed by atoms with van der Waals surface area (Å²) in [4.78, 5) is 28.6. The van der Waals surface area contributed by atoms with Crippen LogP contribution in [-0.4, -0.2) is 28.6 Å². The average Bonchev–Trinajstić information content (AvgIpc) is 2.74. The van der Waals surface area contributed by atoms with E-state index in [1.807, 2.05) is 6.20 Å². The molecule has 1 N–H and O–H groups in total. The summed E-state index contributed by atoms with van der Waals surface area (Å²) in [7, 11) is 3.33. The predicted octanol–water partition coefficient (Wildman–Crippen LogP) is 3.27. The first kappa shape index (κ1) is 20.1. The van der Waals surface area contributed by atoms with E-state index in [0.29, 0.717) is 23.3 Å². The Kier molecular flexibility index (Phi) is 6.49. The Morgan fingerprint density at radius 3 is 2.61 bits per heavy atom. The number of methoxy groups -OCH3 is 1. The molecule has 2 aromatic rings. The number of carbonyl (C=O) groups is 1. The molecule has 3 rings (SSSR count). The molecule has 1 amide bonds. The highest BCUT2D eigenvalue weighted by Gasteiger charge is 2.28. The molecule has 2 aromatic heterocycles. The molecule has 0 bridgehead atoms. The summed E-state index contributed by atoms with van der Waals surface area (Å²) >= 11 is 0. The number of amides is 1. The van der Waals surface area contributed by atoms with E-state index in [2.05, 4.69) is 23.3 Å². The van der Waals surface area contributed by atoms with Crippen LogP contribution in [0.3, 0.4) is 0 Å². The summed E-state index contributed by atoms with van der Waals surface area (Å²) in [5.74, 6) is 1.31. The van der Waals surface area contributed by atoms with Crippen molar-refractivity contribution in [2.75, 3.05) is 7.11 Å². The molecule has 28 heavy (non-hydrogen) atoms. The fourth-order valence-corrected chi connectivity index (χ4v) is 4.11. The molecule has 1 fully saturated rings. The second-order valence-electron chi connectivity index (χ2n) is 7.60. The number of carbonyl (C=O) groups excluding carboxylic acids is 1. The number of hydrogen-bond acceptors (Lipinski definition) is 4. The minimum atomic E-state index is -0.0873. The zero-order chi connectivity index (χ0) is 20.1. The number of nitrogens with one attached hydrogen (secondary N) is 1. The van der Waals surface area contributed by atoms with Gasteiger partial charge >= 0.3 is 0 Å². The monoisotopic (exact) mass is 383 g/mol. The van der Waals surface area contributed by atoms with Crippen molar-refractivity contribution in [3.05, 3.63) is 58.1 Å². The Hall–Kier alpha value is -2.63. The highest BCUT2D eigenvalue weighted by atomic mass is 16.5. The quantitative estimate of drug-likeness (QED) is 0.831. The van der Waals surface area contributed by atoms with Crippen molar-refractivity contribution in [2.45, 2.75) is 51.0 Å². The fraction of sp³-hybridized carbons (Fsp3) is 0.500. The molecule has 0 spiro atoms. The first-order valence-electron chi connectivity index (χ1n) is 9.99. The van der Waals surface area contributed by atoms with Crippen LogP contribution in [-0.2, 0) is 7.05 Å².